The molecule has 1 saturated heterocycles. The summed E-state index contributed by atoms with van der Waals surface area (Å²) in [6, 6.07) is 1.20. The second kappa shape index (κ2) is 5.31. The molecule has 0 aliphatic carbocycles. The molecule has 0 saturated carbocycles. The number of amides is 1. The summed E-state index contributed by atoms with van der Waals surface area (Å²) in [7, 11) is 0. The molecule has 112 valence electrons. The molecule has 0 bridgehead atoms. The molecule has 2 heterocycles. The van der Waals surface area contributed by atoms with E-state index in [0.717, 1.165) is 0 Å². The molecule has 1 aromatic heterocycles. The summed E-state index contributed by atoms with van der Waals surface area (Å²) >= 11 is 1.29. The number of β-amino-alcohol motifs (C(OH)–C–C–N with tert-alkyl or cyclic N) is 1. The highest BCUT2D eigenvalue weighted by Crippen LogP contribution is 2.32. The van der Waals surface area contributed by atoms with E-state index in [1.54, 1.807) is 6.07 Å². The Morgan fingerprint density at radius 1 is 1.65 bits per heavy atom. The summed E-state index contributed by atoms with van der Waals surface area (Å²) < 4.78 is 9.46. The lowest BCUT2D eigenvalue weighted by Crippen LogP contribution is -2.45. The number of hydrogen-bond acceptors (Lipinski definition) is 6. The van der Waals surface area contributed by atoms with E-state index in [9.17, 15) is 9.90 Å². The molecular formula is C13H21N3O3S. The molecule has 1 aliphatic rings. The van der Waals surface area contributed by atoms with E-state index in [2.05, 4.69) is 4.37 Å². The second-order valence-corrected chi connectivity index (χ2v) is 6.82. The van der Waals surface area contributed by atoms with E-state index in [-0.39, 0.29) is 6.54 Å². The van der Waals surface area contributed by atoms with Gasteiger partial charge in [-0.3, -0.25) is 0 Å². The first-order valence-corrected chi connectivity index (χ1v) is 7.41. The van der Waals surface area contributed by atoms with Crippen LogP contribution in [-0.4, -0.2) is 44.8 Å². The van der Waals surface area contributed by atoms with Crippen molar-refractivity contribution >= 4 is 17.6 Å². The Balaban J connectivity index is 2.02. The lowest BCUT2D eigenvalue weighted by atomic mass is 9.92. The Morgan fingerprint density at radius 2 is 2.35 bits per heavy atom. The van der Waals surface area contributed by atoms with Crippen molar-refractivity contribution in [2.24, 2.45) is 5.73 Å². The molecular weight excluding hydrogens is 278 g/mol. The first kappa shape index (κ1) is 15.2. The zero-order valence-corrected chi connectivity index (χ0v) is 12.8. The molecule has 1 aliphatic heterocycles. The summed E-state index contributed by atoms with van der Waals surface area (Å²) in [6.07, 6.45) is 0.00388. The van der Waals surface area contributed by atoms with E-state index < -0.39 is 23.3 Å². The second-order valence-electron chi connectivity index (χ2n) is 6.16. The smallest absolute Gasteiger partial charge is 0.410 e. The molecule has 20 heavy (non-hydrogen) atoms. The minimum absolute atomic E-state index is 0.167. The van der Waals surface area contributed by atoms with Crippen LogP contribution < -0.4 is 5.73 Å². The van der Waals surface area contributed by atoms with Crippen molar-refractivity contribution in [3.8, 4) is 0 Å². The van der Waals surface area contributed by atoms with E-state index in [1.807, 2.05) is 26.2 Å². The molecule has 0 spiro atoms. The Bertz CT molecular complexity index is 472. The summed E-state index contributed by atoms with van der Waals surface area (Å²) in [6.45, 7) is 6.04. The van der Waals surface area contributed by atoms with Gasteiger partial charge in [-0.05, 0) is 44.8 Å². The maximum atomic E-state index is 12.0. The number of nitrogens with two attached hydrogens (primary N) is 1. The highest BCUT2D eigenvalue weighted by Gasteiger charge is 2.45. The number of hydrogen-bond donors (Lipinski definition) is 2. The van der Waals surface area contributed by atoms with E-state index in [0.29, 0.717) is 18.7 Å². The van der Waals surface area contributed by atoms with Gasteiger partial charge in [-0.2, -0.15) is 4.37 Å². The lowest BCUT2D eigenvalue weighted by Gasteiger charge is -2.29. The highest BCUT2D eigenvalue weighted by molar-refractivity contribution is 7.03. The van der Waals surface area contributed by atoms with Gasteiger partial charge in [0.15, 0.2) is 0 Å². The SMILES string of the molecule is CC(C)(C)OC(=O)N1CCC(O)(C(N)c2ccsn2)C1. The van der Waals surface area contributed by atoms with E-state index in [1.165, 1.54) is 16.4 Å². The van der Waals surface area contributed by atoms with Crippen LogP contribution in [0.4, 0.5) is 4.79 Å². The molecule has 2 rings (SSSR count). The number of aromatic nitrogens is 1. The van der Waals surface area contributed by atoms with Gasteiger partial charge in [0.25, 0.3) is 0 Å². The minimum Gasteiger partial charge on any atom is -0.444 e. The summed E-state index contributed by atoms with van der Waals surface area (Å²) in [5, 5.41) is 12.5. The highest BCUT2D eigenvalue weighted by atomic mass is 32.1. The fourth-order valence-corrected chi connectivity index (χ4v) is 2.77. The van der Waals surface area contributed by atoms with Crippen LogP contribution >= 0.6 is 11.5 Å². The average Bonchev–Trinajstić information content (AvgIpc) is 2.95. The van der Waals surface area contributed by atoms with Gasteiger partial charge in [-0.15, -0.1) is 0 Å². The van der Waals surface area contributed by atoms with Crippen LogP contribution in [0.15, 0.2) is 11.4 Å². The molecule has 2 unspecified atom stereocenters. The molecule has 1 aromatic rings. The summed E-state index contributed by atoms with van der Waals surface area (Å²) in [5.74, 6) is 0. The minimum atomic E-state index is -1.15. The molecule has 7 heteroatoms. The largest absolute Gasteiger partial charge is 0.444 e. The van der Waals surface area contributed by atoms with Gasteiger partial charge >= 0.3 is 6.09 Å². The first-order chi connectivity index (χ1) is 9.21. The van der Waals surface area contributed by atoms with Crippen molar-refractivity contribution in [1.82, 2.24) is 9.27 Å². The predicted molar refractivity (Wildman–Crippen MR) is 76.4 cm³/mol. The standard InChI is InChI=1S/C13H21N3O3S/c1-12(2,3)19-11(17)16-6-5-13(18,8-16)10(14)9-4-7-20-15-9/h4,7,10,18H,5-6,8,14H2,1-3H3. The third kappa shape index (κ3) is 3.28. The van der Waals surface area contributed by atoms with E-state index >= 15 is 0 Å². The summed E-state index contributed by atoms with van der Waals surface area (Å²) in [5.41, 5.74) is 5.05. The maximum absolute atomic E-state index is 12.0. The quantitative estimate of drug-likeness (QED) is 0.864. The monoisotopic (exact) mass is 299 g/mol. The Morgan fingerprint density at radius 3 is 2.90 bits per heavy atom. The Hall–Kier alpha value is -1.18. The van der Waals surface area contributed by atoms with Crippen LogP contribution in [0.25, 0.3) is 0 Å². The summed E-state index contributed by atoms with van der Waals surface area (Å²) in [4.78, 5) is 13.5. The Labute approximate surface area is 122 Å². The van der Waals surface area contributed by atoms with Crippen LogP contribution in [0.3, 0.4) is 0 Å². The van der Waals surface area contributed by atoms with Crippen LogP contribution in [0.2, 0.25) is 0 Å². The number of rotatable bonds is 2. The maximum Gasteiger partial charge on any atom is 0.410 e. The Kier molecular flexibility index (Phi) is 4.04. The number of ether oxygens (including phenoxy) is 1. The van der Waals surface area contributed by atoms with Crippen LogP contribution in [0.5, 0.6) is 0 Å². The number of nitrogens with zero attached hydrogens (tertiary/aromatic N) is 2. The number of carbonyl (C=O) groups is 1. The molecule has 6 nitrogen and oxygen atoms in total. The predicted octanol–water partition coefficient (Wildman–Crippen LogP) is 1.51. The van der Waals surface area contributed by atoms with Gasteiger partial charge in [0, 0.05) is 11.9 Å². The zero-order chi connectivity index (χ0) is 15.0. The van der Waals surface area contributed by atoms with Crippen LogP contribution in [0, 0.1) is 0 Å². The number of aliphatic hydroxyl groups is 1. The number of likely N-dealkylation sites (tertiary alicyclic amines) is 1. The van der Waals surface area contributed by atoms with Gasteiger partial charge in [-0.1, -0.05) is 0 Å². The third-order valence-electron chi connectivity index (χ3n) is 3.29. The van der Waals surface area contributed by atoms with Crippen LogP contribution in [0.1, 0.15) is 38.9 Å². The fourth-order valence-electron chi connectivity index (χ4n) is 2.21. The third-order valence-corrected chi connectivity index (χ3v) is 3.86. The lowest BCUT2D eigenvalue weighted by molar-refractivity contribution is 0.00457. The van der Waals surface area contributed by atoms with Crippen molar-refractivity contribution in [2.45, 2.75) is 44.4 Å². The average molecular weight is 299 g/mol. The van der Waals surface area contributed by atoms with Gasteiger partial charge in [-0.25, -0.2) is 4.79 Å². The topological polar surface area (TPSA) is 88.7 Å². The first-order valence-electron chi connectivity index (χ1n) is 6.57. The van der Waals surface area contributed by atoms with Gasteiger partial charge in [0.1, 0.15) is 11.2 Å². The van der Waals surface area contributed by atoms with Crippen molar-refractivity contribution in [3.63, 3.8) is 0 Å². The fraction of sp³-hybridized carbons (Fsp3) is 0.692. The number of carbonyl (C=O) groups excluding carboxylic acids is 1. The van der Waals surface area contributed by atoms with E-state index in [4.69, 9.17) is 10.5 Å². The molecule has 0 aromatic carbocycles. The molecule has 3 N–H and O–H groups in total. The molecule has 1 fully saturated rings. The van der Waals surface area contributed by atoms with Gasteiger partial charge < -0.3 is 20.5 Å². The zero-order valence-electron chi connectivity index (χ0n) is 12.0. The molecule has 0 radical (unpaired) electrons. The van der Waals surface area contributed by atoms with Gasteiger partial charge in [0.05, 0.1) is 18.3 Å². The van der Waals surface area contributed by atoms with Crippen molar-refractivity contribution < 1.29 is 14.6 Å². The normalized spacial score (nSPS) is 24.8. The molecule has 1 amide bonds. The van der Waals surface area contributed by atoms with Crippen molar-refractivity contribution in [2.75, 3.05) is 13.1 Å². The van der Waals surface area contributed by atoms with Gasteiger partial charge in [0.2, 0.25) is 0 Å². The van der Waals surface area contributed by atoms with Crippen molar-refractivity contribution in [1.29, 1.82) is 0 Å². The van der Waals surface area contributed by atoms with Crippen molar-refractivity contribution in [3.05, 3.63) is 17.1 Å². The molecule has 2 atom stereocenters. The van der Waals surface area contributed by atoms with Crippen LogP contribution in [-0.2, 0) is 4.74 Å².